The van der Waals surface area contributed by atoms with Crippen LogP contribution in [0.2, 0.25) is 0 Å². The molecular formula is C12H22N4O. The third-order valence-electron chi connectivity index (χ3n) is 3.46. The fraction of sp³-hybridized carbons (Fsp3) is 0.750. The summed E-state index contributed by atoms with van der Waals surface area (Å²) in [6, 6.07) is 0.717. The molecule has 0 amide bonds. The quantitative estimate of drug-likeness (QED) is 0.734. The van der Waals surface area contributed by atoms with Gasteiger partial charge < -0.3 is 10.8 Å². The van der Waals surface area contributed by atoms with Crippen LogP contribution < -0.4 is 5.73 Å². The number of nitrogens with zero attached hydrogens (tertiary/aromatic N) is 3. The number of aliphatic hydroxyl groups excluding tert-OH is 1. The van der Waals surface area contributed by atoms with E-state index in [1.165, 1.54) is 19.3 Å². The molecule has 96 valence electrons. The van der Waals surface area contributed by atoms with E-state index in [1.807, 2.05) is 10.9 Å². The number of nitrogens with two attached hydrogens (primary N) is 1. The molecule has 1 heterocycles. The van der Waals surface area contributed by atoms with E-state index in [0.717, 1.165) is 37.8 Å². The summed E-state index contributed by atoms with van der Waals surface area (Å²) in [5.74, 6) is 0. The SMILES string of the molecule is Nc1cnn(CCN(CCCO)C2CCC2)c1. The molecule has 1 aromatic rings. The Bertz CT molecular complexity index is 335. The van der Waals surface area contributed by atoms with E-state index in [1.54, 1.807) is 6.20 Å². The first-order valence-corrected chi connectivity index (χ1v) is 6.42. The first kappa shape index (κ1) is 12.4. The molecular weight excluding hydrogens is 216 g/mol. The number of hydrogen-bond donors (Lipinski definition) is 2. The van der Waals surface area contributed by atoms with Crippen molar-refractivity contribution in [3.63, 3.8) is 0 Å². The van der Waals surface area contributed by atoms with Gasteiger partial charge in [0.1, 0.15) is 0 Å². The number of aromatic nitrogens is 2. The maximum atomic E-state index is 8.92. The van der Waals surface area contributed by atoms with Crippen molar-refractivity contribution in [1.29, 1.82) is 0 Å². The Balaban J connectivity index is 1.79. The van der Waals surface area contributed by atoms with E-state index < -0.39 is 0 Å². The van der Waals surface area contributed by atoms with Gasteiger partial charge in [0.2, 0.25) is 0 Å². The third-order valence-corrected chi connectivity index (χ3v) is 3.46. The molecule has 3 N–H and O–H groups in total. The van der Waals surface area contributed by atoms with Crippen LogP contribution in [0.4, 0.5) is 5.69 Å². The van der Waals surface area contributed by atoms with E-state index in [2.05, 4.69) is 10.00 Å². The normalized spacial score (nSPS) is 16.4. The lowest BCUT2D eigenvalue weighted by Crippen LogP contribution is -2.42. The van der Waals surface area contributed by atoms with Crippen LogP contribution in [0.1, 0.15) is 25.7 Å². The van der Waals surface area contributed by atoms with Gasteiger partial charge >= 0.3 is 0 Å². The first-order valence-electron chi connectivity index (χ1n) is 6.42. The summed E-state index contributed by atoms with van der Waals surface area (Å²) in [5, 5.41) is 13.1. The molecule has 2 rings (SSSR count). The molecule has 0 radical (unpaired) electrons. The third kappa shape index (κ3) is 3.44. The highest BCUT2D eigenvalue weighted by atomic mass is 16.3. The summed E-state index contributed by atoms with van der Waals surface area (Å²) in [6.07, 6.45) is 8.35. The Morgan fingerprint density at radius 1 is 1.47 bits per heavy atom. The second-order valence-corrected chi connectivity index (χ2v) is 4.73. The monoisotopic (exact) mass is 238 g/mol. The van der Waals surface area contributed by atoms with Crippen LogP contribution >= 0.6 is 0 Å². The van der Waals surface area contributed by atoms with Gasteiger partial charge in [0.15, 0.2) is 0 Å². The van der Waals surface area contributed by atoms with Crippen LogP contribution in [0.25, 0.3) is 0 Å². The fourth-order valence-electron chi connectivity index (χ4n) is 2.24. The van der Waals surface area contributed by atoms with Gasteiger partial charge in [0, 0.05) is 31.9 Å². The number of nitrogen functional groups attached to an aromatic ring is 1. The topological polar surface area (TPSA) is 67.3 Å². The molecule has 5 heteroatoms. The maximum Gasteiger partial charge on any atom is 0.0719 e. The summed E-state index contributed by atoms with van der Waals surface area (Å²) in [4.78, 5) is 2.47. The summed E-state index contributed by atoms with van der Waals surface area (Å²) in [7, 11) is 0. The molecule has 0 aromatic carbocycles. The van der Waals surface area contributed by atoms with E-state index in [9.17, 15) is 0 Å². The van der Waals surface area contributed by atoms with Crippen molar-refractivity contribution in [3.8, 4) is 0 Å². The molecule has 0 spiro atoms. The Kier molecular flexibility index (Phi) is 4.39. The first-order chi connectivity index (χ1) is 8.29. The zero-order chi connectivity index (χ0) is 12.1. The molecule has 1 aliphatic carbocycles. The Labute approximate surface area is 102 Å². The van der Waals surface area contributed by atoms with Crippen molar-refractivity contribution >= 4 is 5.69 Å². The van der Waals surface area contributed by atoms with Gasteiger partial charge in [-0.3, -0.25) is 9.58 Å². The van der Waals surface area contributed by atoms with Crippen LogP contribution in [0.15, 0.2) is 12.4 Å². The lowest BCUT2D eigenvalue weighted by Gasteiger charge is -2.37. The number of anilines is 1. The van der Waals surface area contributed by atoms with Crippen molar-refractivity contribution in [2.75, 3.05) is 25.4 Å². The van der Waals surface area contributed by atoms with E-state index in [0.29, 0.717) is 0 Å². The van der Waals surface area contributed by atoms with E-state index in [4.69, 9.17) is 10.8 Å². The molecule has 0 aliphatic heterocycles. The molecule has 1 fully saturated rings. The van der Waals surface area contributed by atoms with Gasteiger partial charge in [0.25, 0.3) is 0 Å². The van der Waals surface area contributed by atoms with Gasteiger partial charge in [-0.05, 0) is 19.3 Å². The second kappa shape index (κ2) is 6.02. The van der Waals surface area contributed by atoms with Crippen molar-refractivity contribution < 1.29 is 5.11 Å². The van der Waals surface area contributed by atoms with Crippen LogP contribution in [0, 0.1) is 0 Å². The van der Waals surface area contributed by atoms with Gasteiger partial charge in [-0.15, -0.1) is 0 Å². The summed E-state index contributed by atoms with van der Waals surface area (Å²) >= 11 is 0. The Morgan fingerprint density at radius 2 is 2.29 bits per heavy atom. The second-order valence-electron chi connectivity index (χ2n) is 4.73. The van der Waals surface area contributed by atoms with Gasteiger partial charge in [-0.25, -0.2) is 0 Å². The smallest absolute Gasteiger partial charge is 0.0719 e. The van der Waals surface area contributed by atoms with Gasteiger partial charge in [0.05, 0.1) is 18.4 Å². The largest absolute Gasteiger partial charge is 0.396 e. The minimum absolute atomic E-state index is 0.276. The molecule has 1 saturated carbocycles. The lowest BCUT2D eigenvalue weighted by atomic mass is 9.91. The predicted molar refractivity (Wildman–Crippen MR) is 67.6 cm³/mol. The summed E-state index contributed by atoms with van der Waals surface area (Å²) in [6.45, 7) is 3.13. The predicted octanol–water partition coefficient (Wildman–Crippen LogP) is 0.702. The van der Waals surface area contributed by atoms with Crippen molar-refractivity contribution in [1.82, 2.24) is 14.7 Å². The zero-order valence-electron chi connectivity index (χ0n) is 10.3. The van der Waals surface area contributed by atoms with Crippen LogP contribution in [0.3, 0.4) is 0 Å². The molecule has 0 bridgehead atoms. The highest BCUT2D eigenvalue weighted by Crippen LogP contribution is 2.24. The molecule has 5 nitrogen and oxygen atoms in total. The van der Waals surface area contributed by atoms with Crippen LogP contribution in [0.5, 0.6) is 0 Å². The van der Waals surface area contributed by atoms with Crippen LogP contribution in [-0.2, 0) is 6.54 Å². The standard InChI is InChI=1S/C12H22N4O/c13-11-9-14-16(10-11)7-6-15(5-2-8-17)12-3-1-4-12/h9-10,12,17H,1-8,13H2. The van der Waals surface area contributed by atoms with Crippen molar-refractivity contribution in [3.05, 3.63) is 12.4 Å². The summed E-state index contributed by atoms with van der Waals surface area (Å²) < 4.78 is 1.89. The average Bonchev–Trinajstić information content (AvgIpc) is 2.65. The lowest BCUT2D eigenvalue weighted by molar-refractivity contribution is 0.111. The minimum Gasteiger partial charge on any atom is -0.396 e. The van der Waals surface area contributed by atoms with Gasteiger partial charge in [-0.1, -0.05) is 6.42 Å². The maximum absolute atomic E-state index is 8.92. The Hall–Kier alpha value is -1.07. The summed E-state index contributed by atoms with van der Waals surface area (Å²) in [5.41, 5.74) is 6.35. The average molecular weight is 238 g/mol. The zero-order valence-corrected chi connectivity index (χ0v) is 10.3. The molecule has 17 heavy (non-hydrogen) atoms. The van der Waals surface area contributed by atoms with E-state index >= 15 is 0 Å². The molecule has 0 saturated heterocycles. The van der Waals surface area contributed by atoms with Crippen LogP contribution in [-0.4, -0.2) is 45.5 Å². The minimum atomic E-state index is 0.276. The van der Waals surface area contributed by atoms with Crippen molar-refractivity contribution in [2.45, 2.75) is 38.3 Å². The fourth-order valence-corrected chi connectivity index (χ4v) is 2.24. The Morgan fingerprint density at radius 3 is 2.82 bits per heavy atom. The number of rotatable bonds is 7. The molecule has 1 aromatic heterocycles. The number of hydrogen-bond acceptors (Lipinski definition) is 4. The highest BCUT2D eigenvalue weighted by molar-refractivity contribution is 5.30. The molecule has 0 atom stereocenters. The molecule has 1 aliphatic rings. The van der Waals surface area contributed by atoms with Gasteiger partial charge in [-0.2, -0.15) is 5.10 Å². The van der Waals surface area contributed by atoms with Crippen molar-refractivity contribution in [2.24, 2.45) is 0 Å². The molecule has 0 unspecified atom stereocenters. The van der Waals surface area contributed by atoms with E-state index in [-0.39, 0.29) is 6.61 Å². The highest BCUT2D eigenvalue weighted by Gasteiger charge is 2.24. The number of aliphatic hydroxyl groups is 1.